The van der Waals surface area contributed by atoms with Crippen molar-refractivity contribution in [2.24, 2.45) is 5.73 Å². The maximum atomic E-state index is 5.69. The number of morpholine rings is 1. The van der Waals surface area contributed by atoms with Crippen LogP contribution in [0.1, 0.15) is 6.42 Å². The second kappa shape index (κ2) is 3.98. The molecule has 4 heteroatoms. The topological polar surface area (TPSA) is 50.5 Å². The van der Waals surface area contributed by atoms with Crippen LogP contribution in [0.15, 0.2) is 11.9 Å². The van der Waals surface area contributed by atoms with Gasteiger partial charge in [0.05, 0.1) is 13.2 Å². The molecule has 0 saturated carbocycles. The Hall–Kier alpha value is -0.740. The second-order valence-electron chi connectivity index (χ2n) is 3.70. The number of hydrogen-bond acceptors (Lipinski definition) is 4. The Balaban J connectivity index is 1.72. The summed E-state index contributed by atoms with van der Waals surface area (Å²) in [6.07, 6.45) is 2.91. The molecule has 2 heterocycles. The van der Waals surface area contributed by atoms with Gasteiger partial charge in [-0.1, -0.05) is 0 Å². The number of nitrogens with zero attached hydrogens (tertiary/aromatic N) is 1. The summed E-state index contributed by atoms with van der Waals surface area (Å²) in [6.45, 7) is 4.93. The Morgan fingerprint density at radius 1 is 1.54 bits per heavy atom. The lowest BCUT2D eigenvalue weighted by Crippen LogP contribution is -2.43. The average molecular weight is 183 g/mol. The Morgan fingerprint density at radius 3 is 2.92 bits per heavy atom. The Kier molecular flexibility index (Phi) is 2.71. The summed E-state index contributed by atoms with van der Waals surface area (Å²) in [5.74, 6) is 0. The molecule has 13 heavy (non-hydrogen) atoms. The molecule has 0 aromatic heterocycles. The highest BCUT2D eigenvalue weighted by Gasteiger charge is 2.19. The van der Waals surface area contributed by atoms with Gasteiger partial charge >= 0.3 is 0 Å². The van der Waals surface area contributed by atoms with Crippen molar-refractivity contribution in [1.29, 1.82) is 0 Å². The summed E-state index contributed by atoms with van der Waals surface area (Å²) in [5, 5.41) is 3.28. The quantitative estimate of drug-likeness (QED) is 0.605. The fraction of sp³-hybridized carbons (Fsp3) is 0.778. The van der Waals surface area contributed by atoms with Gasteiger partial charge in [0.25, 0.3) is 0 Å². The van der Waals surface area contributed by atoms with E-state index in [4.69, 9.17) is 10.5 Å². The van der Waals surface area contributed by atoms with Crippen LogP contribution in [-0.2, 0) is 4.74 Å². The zero-order valence-corrected chi connectivity index (χ0v) is 7.83. The predicted octanol–water partition coefficient (Wildman–Crippen LogP) is -0.519. The van der Waals surface area contributed by atoms with E-state index in [9.17, 15) is 0 Å². The maximum absolute atomic E-state index is 5.69. The van der Waals surface area contributed by atoms with E-state index in [2.05, 4.69) is 10.2 Å². The zero-order chi connectivity index (χ0) is 9.10. The molecule has 0 bridgehead atoms. The van der Waals surface area contributed by atoms with Crippen molar-refractivity contribution < 1.29 is 4.74 Å². The van der Waals surface area contributed by atoms with E-state index < -0.39 is 0 Å². The summed E-state index contributed by atoms with van der Waals surface area (Å²) < 4.78 is 5.29. The van der Waals surface area contributed by atoms with E-state index in [1.807, 2.05) is 6.20 Å². The van der Waals surface area contributed by atoms with E-state index in [1.54, 1.807) is 0 Å². The standard InChI is InChI=1S/C9H17N3O/c10-8-5-9(11-6-8)7-12-1-3-13-4-2-12/h6,9,11H,1-5,7,10H2. The van der Waals surface area contributed by atoms with E-state index in [-0.39, 0.29) is 0 Å². The Labute approximate surface area is 78.7 Å². The molecule has 0 radical (unpaired) electrons. The molecule has 0 aliphatic carbocycles. The summed E-state index contributed by atoms with van der Waals surface area (Å²) in [7, 11) is 0. The van der Waals surface area contributed by atoms with Gasteiger partial charge in [-0.05, 0) is 0 Å². The number of hydrogen-bond donors (Lipinski definition) is 2. The first-order chi connectivity index (χ1) is 6.34. The van der Waals surface area contributed by atoms with Crippen LogP contribution >= 0.6 is 0 Å². The summed E-state index contributed by atoms with van der Waals surface area (Å²) in [4.78, 5) is 2.42. The summed E-state index contributed by atoms with van der Waals surface area (Å²) in [5.41, 5.74) is 6.66. The van der Waals surface area contributed by atoms with Crippen molar-refractivity contribution >= 4 is 0 Å². The molecule has 3 N–H and O–H groups in total. The average Bonchev–Trinajstić information content (AvgIpc) is 2.53. The molecule has 74 valence electrons. The van der Waals surface area contributed by atoms with Crippen LogP contribution in [0.5, 0.6) is 0 Å². The Morgan fingerprint density at radius 2 is 2.31 bits per heavy atom. The minimum atomic E-state index is 0.512. The molecule has 2 aliphatic rings. The third-order valence-corrected chi connectivity index (χ3v) is 2.57. The molecule has 0 spiro atoms. The normalized spacial score (nSPS) is 29.8. The number of rotatable bonds is 2. The molecule has 0 aromatic carbocycles. The first-order valence-electron chi connectivity index (χ1n) is 4.85. The number of nitrogens with one attached hydrogen (secondary N) is 1. The van der Waals surface area contributed by atoms with Gasteiger partial charge in [-0.2, -0.15) is 0 Å². The van der Waals surface area contributed by atoms with Gasteiger partial charge in [0.2, 0.25) is 0 Å². The van der Waals surface area contributed by atoms with E-state index in [0.717, 1.165) is 45.0 Å². The van der Waals surface area contributed by atoms with Crippen LogP contribution in [0.4, 0.5) is 0 Å². The first kappa shape index (κ1) is 8.84. The smallest absolute Gasteiger partial charge is 0.0594 e. The van der Waals surface area contributed by atoms with Crippen molar-refractivity contribution in [1.82, 2.24) is 10.2 Å². The van der Waals surface area contributed by atoms with E-state index in [1.165, 1.54) is 0 Å². The summed E-state index contributed by atoms with van der Waals surface area (Å²) in [6, 6.07) is 0.512. The van der Waals surface area contributed by atoms with Crippen LogP contribution in [0.25, 0.3) is 0 Å². The van der Waals surface area contributed by atoms with Crippen LogP contribution in [0, 0.1) is 0 Å². The van der Waals surface area contributed by atoms with Crippen LogP contribution in [0.2, 0.25) is 0 Å². The largest absolute Gasteiger partial charge is 0.401 e. The molecular weight excluding hydrogens is 166 g/mol. The molecule has 1 saturated heterocycles. The lowest BCUT2D eigenvalue weighted by molar-refractivity contribution is 0.0346. The molecule has 1 fully saturated rings. The zero-order valence-electron chi connectivity index (χ0n) is 7.83. The maximum Gasteiger partial charge on any atom is 0.0594 e. The number of ether oxygens (including phenoxy) is 1. The van der Waals surface area contributed by atoms with Gasteiger partial charge in [0.1, 0.15) is 0 Å². The van der Waals surface area contributed by atoms with Gasteiger partial charge in [-0.3, -0.25) is 4.90 Å². The van der Waals surface area contributed by atoms with Gasteiger partial charge < -0.3 is 15.8 Å². The molecule has 1 unspecified atom stereocenters. The highest BCUT2D eigenvalue weighted by molar-refractivity contribution is 5.06. The van der Waals surface area contributed by atoms with Crippen LogP contribution in [0.3, 0.4) is 0 Å². The van der Waals surface area contributed by atoms with Gasteiger partial charge in [-0.15, -0.1) is 0 Å². The van der Waals surface area contributed by atoms with Crippen molar-refractivity contribution in [3.8, 4) is 0 Å². The van der Waals surface area contributed by atoms with Gasteiger partial charge in [-0.25, -0.2) is 0 Å². The van der Waals surface area contributed by atoms with Crippen molar-refractivity contribution in [3.05, 3.63) is 11.9 Å². The number of nitrogens with two attached hydrogens (primary N) is 1. The highest BCUT2D eigenvalue weighted by Crippen LogP contribution is 2.09. The van der Waals surface area contributed by atoms with Crippen LogP contribution in [-0.4, -0.2) is 43.8 Å². The SMILES string of the molecule is NC1=CNC(CN2CCOCC2)C1. The monoisotopic (exact) mass is 183 g/mol. The van der Waals surface area contributed by atoms with Gasteiger partial charge in [0, 0.05) is 44.0 Å². The summed E-state index contributed by atoms with van der Waals surface area (Å²) >= 11 is 0. The second-order valence-corrected chi connectivity index (χ2v) is 3.70. The Bertz CT molecular complexity index is 199. The van der Waals surface area contributed by atoms with Gasteiger partial charge in [0.15, 0.2) is 0 Å². The van der Waals surface area contributed by atoms with Crippen LogP contribution < -0.4 is 11.1 Å². The predicted molar refractivity (Wildman–Crippen MR) is 51.1 cm³/mol. The fourth-order valence-corrected chi connectivity index (χ4v) is 1.84. The molecular formula is C9H17N3O. The van der Waals surface area contributed by atoms with Crippen molar-refractivity contribution in [2.45, 2.75) is 12.5 Å². The third-order valence-electron chi connectivity index (χ3n) is 2.57. The first-order valence-corrected chi connectivity index (χ1v) is 4.85. The fourth-order valence-electron chi connectivity index (χ4n) is 1.84. The highest BCUT2D eigenvalue weighted by atomic mass is 16.5. The molecule has 1 atom stereocenters. The van der Waals surface area contributed by atoms with E-state index in [0.29, 0.717) is 6.04 Å². The lowest BCUT2D eigenvalue weighted by Gasteiger charge is -2.29. The van der Waals surface area contributed by atoms with Crippen molar-refractivity contribution in [2.75, 3.05) is 32.8 Å². The van der Waals surface area contributed by atoms with Crippen molar-refractivity contribution in [3.63, 3.8) is 0 Å². The minimum absolute atomic E-state index is 0.512. The molecule has 2 aliphatic heterocycles. The minimum Gasteiger partial charge on any atom is -0.401 e. The molecule has 0 aromatic rings. The lowest BCUT2D eigenvalue weighted by atomic mass is 10.2. The molecule has 2 rings (SSSR count). The third kappa shape index (κ3) is 2.35. The van der Waals surface area contributed by atoms with E-state index >= 15 is 0 Å². The molecule has 4 nitrogen and oxygen atoms in total. The molecule has 0 amide bonds.